The Morgan fingerprint density at radius 1 is 1.20 bits per heavy atom. The first-order valence-corrected chi connectivity index (χ1v) is 10.4. The van der Waals surface area contributed by atoms with Crippen molar-refractivity contribution in [2.45, 2.75) is 45.1 Å². The minimum absolute atomic E-state index is 0.0613. The van der Waals surface area contributed by atoms with Crippen molar-refractivity contribution in [3.8, 4) is 0 Å². The van der Waals surface area contributed by atoms with E-state index in [4.69, 9.17) is 4.74 Å². The third-order valence-electron chi connectivity index (χ3n) is 4.91. The largest absolute Gasteiger partial charge is 0.411 e. The van der Waals surface area contributed by atoms with Crippen LogP contribution in [0, 0.1) is 0 Å². The summed E-state index contributed by atoms with van der Waals surface area (Å²) in [5, 5.41) is 6.68. The number of alkyl halides is 3. The highest BCUT2D eigenvalue weighted by Crippen LogP contribution is 2.17. The number of hydrogen-bond acceptors (Lipinski definition) is 4. The summed E-state index contributed by atoms with van der Waals surface area (Å²) in [6.45, 7) is 5.57. The van der Waals surface area contributed by atoms with Crippen molar-refractivity contribution in [2.24, 2.45) is 4.99 Å². The van der Waals surface area contributed by atoms with Crippen molar-refractivity contribution in [1.82, 2.24) is 15.5 Å². The van der Waals surface area contributed by atoms with Gasteiger partial charge in [-0.3, -0.25) is 4.90 Å². The number of benzene rings is 1. The predicted octanol–water partition coefficient (Wildman–Crippen LogP) is 2.93. The molecular weight excluding hydrogens is 397 g/mol. The van der Waals surface area contributed by atoms with Gasteiger partial charge in [0, 0.05) is 32.8 Å². The van der Waals surface area contributed by atoms with Gasteiger partial charge in [0.25, 0.3) is 0 Å². The molecule has 0 bridgehead atoms. The standard InChI is InChI=1S/C21H33F3N4O2/c1-3-25-20(27-14-19-5-4-10-28(19)11-12-29-2)26-13-17-6-8-18(9-7-17)15-30-16-21(22,23)24/h6-9,19H,3-5,10-16H2,1-2H3,(H2,25,26,27). The van der Waals surface area contributed by atoms with E-state index in [9.17, 15) is 13.2 Å². The van der Waals surface area contributed by atoms with Gasteiger partial charge in [0.05, 0.1) is 19.8 Å². The van der Waals surface area contributed by atoms with Crippen LogP contribution in [0.3, 0.4) is 0 Å². The van der Waals surface area contributed by atoms with Gasteiger partial charge in [-0.1, -0.05) is 24.3 Å². The fraction of sp³-hybridized carbons (Fsp3) is 0.667. The molecule has 1 aliphatic heterocycles. The monoisotopic (exact) mass is 430 g/mol. The van der Waals surface area contributed by atoms with Crippen LogP contribution in [-0.4, -0.2) is 69.6 Å². The molecule has 1 aliphatic rings. The molecule has 2 N–H and O–H groups in total. The zero-order valence-electron chi connectivity index (χ0n) is 17.8. The van der Waals surface area contributed by atoms with Crippen LogP contribution >= 0.6 is 0 Å². The van der Waals surface area contributed by atoms with Crippen LogP contribution < -0.4 is 10.6 Å². The lowest BCUT2D eigenvalue weighted by Crippen LogP contribution is -2.45. The smallest absolute Gasteiger partial charge is 0.383 e. The third kappa shape index (κ3) is 9.32. The maximum Gasteiger partial charge on any atom is 0.411 e. The van der Waals surface area contributed by atoms with Gasteiger partial charge >= 0.3 is 6.18 Å². The summed E-state index contributed by atoms with van der Waals surface area (Å²) in [4.78, 5) is 7.07. The van der Waals surface area contributed by atoms with Gasteiger partial charge in [-0.25, -0.2) is 4.99 Å². The van der Waals surface area contributed by atoms with Gasteiger partial charge in [-0.05, 0) is 37.4 Å². The number of nitrogens with zero attached hydrogens (tertiary/aromatic N) is 2. The molecule has 0 saturated carbocycles. The summed E-state index contributed by atoms with van der Waals surface area (Å²) in [7, 11) is 1.72. The van der Waals surface area contributed by atoms with Gasteiger partial charge in [0.1, 0.15) is 6.61 Å². The topological polar surface area (TPSA) is 58.1 Å². The summed E-state index contributed by atoms with van der Waals surface area (Å²) < 4.78 is 46.3. The van der Waals surface area contributed by atoms with Crippen molar-refractivity contribution >= 4 is 5.96 Å². The Hall–Kier alpha value is -1.84. The number of nitrogens with one attached hydrogen (secondary N) is 2. The number of ether oxygens (including phenoxy) is 2. The minimum atomic E-state index is -4.30. The molecule has 0 aliphatic carbocycles. The molecule has 0 amide bonds. The number of methoxy groups -OCH3 is 1. The number of rotatable bonds is 11. The summed E-state index contributed by atoms with van der Waals surface area (Å²) >= 11 is 0. The molecule has 0 spiro atoms. The van der Waals surface area contributed by atoms with Crippen LogP contribution in [0.25, 0.3) is 0 Å². The molecular formula is C21H33F3N4O2. The quantitative estimate of drug-likeness (QED) is 0.418. The number of halogens is 3. The van der Waals surface area contributed by atoms with E-state index >= 15 is 0 Å². The zero-order valence-corrected chi connectivity index (χ0v) is 17.8. The molecule has 30 heavy (non-hydrogen) atoms. The summed E-state index contributed by atoms with van der Waals surface area (Å²) in [6, 6.07) is 7.74. The molecule has 0 radical (unpaired) electrons. The lowest BCUT2D eigenvalue weighted by Gasteiger charge is -2.25. The molecule has 0 aromatic heterocycles. The highest BCUT2D eigenvalue weighted by Gasteiger charge is 2.27. The third-order valence-corrected chi connectivity index (χ3v) is 4.91. The van der Waals surface area contributed by atoms with Crippen LogP contribution in [0.4, 0.5) is 13.2 Å². The molecule has 1 aromatic rings. The van der Waals surface area contributed by atoms with Crippen LogP contribution in [0.15, 0.2) is 29.3 Å². The predicted molar refractivity (Wildman–Crippen MR) is 111 cm³/mol. The molecule has 1 atom stereocenters. The number of hydrogen-bond donors (Lipinski definition) is 2. The van der Waals surface area contributed by atoms with Crippen molar-refractivity contribution in [3.05, 3.63) is 35.4 Å². The van der Waals surface area contributed by atoms with E-state index in [0.29, 0.717) is 18.2 Å². The first-order chi connectivity index (χ1) is 14.4. The second kappa shape index (κ2) is 12.8. The van der Waals surface area contributed by atoms with Crippen LogP contribution in [0.5, 0.6) is 0 Å². The van der Waals surface area contributed by atoms with E-state index in [-0.39, 0.29) is 6.61 Å². The van der Waals surface area contributed by atoms with Gasteiger partial charge in [-0.2, -0.15) is 13.2 Å². The normalized spacial score (nSPS) is 18.0. The lowest BCUT2D eigenvalue weighted by molar-refractivity contribution is -0.176. The van der Waals surface area contributed by atoms with Crippen LogP contribution in [0.2, 0.25) is 0 Å². The number of likely N-dealkylation sites (tertiary alicyclic amines) is 1. The van der Waals surface area contributed by atoms with E-state index in [0.717, 1.165) is 50.7 Å². The van der Waals surface area contributed by atoms with Gasteiger partial charge < -0.3 is 20.1 Å². The van der Waals surface area contributed by atoms with E-state index in [1.165, 1.54) is 6.42 Å². The highest BCUT2D eigenvalue weighted by atomic mass is 19.4. The first kappa shape index (κ1) is 24.4. The van der Waals surface area contributed by atoms with E-state index in [1.54, 1.807) is 19.2 Å². The second-order valence-electron chi connectivity index (χ2n) is 7.33. The molecule has 1 heterocycles. The highest BCUT2D eigenvalue weighted by molar-refractivity contribution is 5.79. The molecule has 1 fully saturated rings. The molecule has 9 heteroatoms. The van der Waals surface area contributed by atoms with E-state index in [2.05, 4.69) is 25.3 Å². The maximum atomic E-state index is 12.1. The van der Waals surface area contributed by atoms with Gasteiger partial charge in [0.15, 0.2) is 5.96 Å². The Morgan fingerprint density at radius 2 is 1.93 bits per heavy atom. The lowest BCUT2D eigenvalue weighted by atomic mass is 10.1. The van der Waals surface area contributed by atoms with E-state index in [1.807, 2.05) is 19.1 Å². The molecule has 1 saturated heterocycles. The van der Waals surface area contributed by atoms with Crippen LogP contribution in [0.1, 0.15) is 30.9 Å². The Labute approximate surface area is 176 Å². The first-order valence-electron chi connectivity index (χ1n) is 10.4. The summed E-state index contributed by atoms with van der Waals surface area (Å²) in [5.74, 6) is 0.758. The zero-order chi connectivity index (χ0) is 21.8. The van der Waals surface area contributed by atoms with E-state index < -0.39 is 12.8 Å². The SMILES string of the molecule is CCNC(=NCc1ccc(COCC(F)(F)F)cc1)NCC1CCCN1CCOC. The molecule has 1 unspecified atom stereocenters. The average Bonchev–Trinajstić information content (AvgIpc) is 3.16. The van der Waals surface area contributed by atoms with Gasteiger partial charge in [0.2, 0.25) is 0 Å². The summed E-state index contributed by atoms with van der Waals surface area (Å²) in [5.41, 5.74) is 1.68. The van der Waals surface area contributed by atoms with Crippen molar-refractivity contribution in [2.75, 3.05) is 46.5 Å². The molecule has 6 nitrogen and oxygen atoms in total. The van der Waals surface area contributed by atoms with Crippen molar-refractivity contribution in [1.29, 1.82) is 0 Å². The number of aliphatic imine (C=N–C) groups is 1. The minimum Gasteiger partial charge on any atom is -0.383 e. The maximum absolute atomic E-state index is 12.1. The summed E-state index contributed by atoms with van der Waals surface area (Å²) in [6.07, 6.45) is -1.94. The second-order valence-corrected chi connectivity index (χ2v) is 7.33. The van der Waals surface area contributed by atoms with Crippen LogP contribution in [-0.2, 0) is 22.6 Å². The van der Waals surface area contributed by atoms with Crippen molar-refractivity contribution in [3.63, 3.8) is 0 Å². The molecule has 2 rings (SSSR count). The fourth-order valence-corrected chi connectivity index (χ4v) is 3.38. The Balaban J connectivity index is 1.82. The molecule has 170 valence electrons. The Kier molecular flexibility index (Phi) is 10.4. The van der Waals surface area contributed by atoms with Crippen molar-refractivity contribution < 1.29 is 22.6 Å². The number of guanidine groups is 1. The Morgan fingerprint density at radius 3 is 2.60 bits per heavy atom. The average molecular weight is 431 g/mol. The molecule has 1 aromatic carbocycles. The Bertz CT molecular complexity index is 638. The van der Waals surface area contributed by atoms with Gasteiger partial charge in [-0.15, -0.1) is 0 Å². The fourth-order valence-electron chi connectivity index (χ4n) is 3.38.